The van der Waals surface area contributed by atoms with Crippen molar-refractivity contribution in [2.45, 2.75) is 57.5 Å². The van der Waals surface area contributed by atoms with Crippen LogP contribution < -0.4 is 5.32 Å². The van der Waals surface area contributed by atoms with Crippen LogP contribution >= 0.6 is 0 Å². The number of nitrogens with one attached hydrogen (secondary N) is 1. The van der Waals surface area contributed by atoms with Crippen molar-refractivity contribution in [1.29, 1.82) is 0 Å². The molecule has 128 valence electrons. The number of nitrogens with zero attached hydrogens (tertiary/aromatic N) is 2. The van der Waals surface area contributed by atoms with Crippen molar-refractivity contribution in [3.63, 3.8) is 0 Å². The first-order valence-corrected chi connectivity index (χ1v) is 10.1. The molecule has 2 saturated heterocycles. The van der Waals surface area contributed by atoms with Crippen molar-refractivity contribution in [1.82, 2.24) is 14.5 Å². The molecular weight excluding hydrogens is 302 g/mol. The highest BCUT2D eigenvalue weighted by atomic mass is 32.2. The Bertz CT molecular complexity index is 480. The largest absolute Gasteiger partial charge is 0.340 e. The number of likely N-dealkylation sites (tertiary alicyclic amines) is 1. The van der Waals surface area contributed by atoms with Crippen LogP contribution in [0.15, 0.2) is 0 Å². The standard InChI is InChI=1S/C15H29N3O3S/c1-3-11-22(20,21)18-10-5-4-8-14(18)15(19)17-9-6-7-13(12-17)16-2/h13-14,16H,3-12H2,1-2H3. The smallest absolute Gasteiger partial charge is 0.241 e. The van der Waals surface area contributed by atoms with Gasteiger partial charge in [0.05, 0.1) is 5.75 Å². The summed E-state index contributed by atoms with van der Waals surface area (Å²) in [6.07, 6.45) is 5.08. The van der Waals surface area contributed by atoms with Gasteiger partial charge in [-0.25, -0.2) is 8.42 Å². The van der Waals surface area contributed by atoms with Gasteiger partial charge in [-0.3, -0.25) is 4.79 Å². The number of piperidine rings is 2. The van der Waals surface area contributed by atoms with E-state index in [-0.39, 0.29) is 11.7 Å². The summed E-state index contributed by atoms with van der Waals surface area (Å²) in [7, 11) is -1.40. The lowest BCUT2D eigenvalue weighted by Gasteiger charge is -2.39. The van der Waals surface area contributed by atoms with Gasteiger partial charge in [0, 0.05) is 25.7 Å². The second-order valence-electron chi connectivity index (χ2n) is 6.35. The van der Waals surface area contributed by atoms with Crippen molar-refractivity contribution >= 4 is 15.9 Å². The minimum absolute atomic E-state index is 0.000622. The van der Waals surface area contributed by atoms with Crippen LogP contribution in [0.3, 0.4) is 0 Å². The van der Waals surface area contributed by atoms with Gasteiger partial charge in [0.2, 0.25) is 15.9 Å². The fourth-order valence-electron chi connectivity index (χ4n) is 3.48. The highest BCUT2D eigenvalue weighted by molar-refractivity contribution is 7.89. The number of likely N-dealkylation sites (N-methyl/N-ethyl adjacent to an activating group) is 1. The summed E-state index contributed by atoms with van der Waals surface area (Å²) < 4.78 is 26.4. The van der Waals surface area contributed by atoms with E-state index in [9.17, 15) is 13.2 Å². The van der Waals surface area contributed by atoms with Crippen LogP contribution in [0.1, 0.15) is 45.4 Å². The van der Waals surface area contributed by atoms with E-state index >= 15 is 0 Å². The second-order valence-corrected chi connectivity index (χ2v) is 8.39. The van der Waals surface area contributed by atoms with Gasteiger partial charge in [-0.15, -0.1) is 0 Å². The van der Waals surface area contributed by atoms with E-state index in [1.165, 1.54) is 4.31 Å². The van der Waals surface area contributed by atoms with Gasteiger partial charge in [0.1, 0.15) is 6.04 Å². The third-order valence-corrected chi connectivity index (χ3v) is 6.78. The summed E-state index contributed by atoms with van der Waals surface area (Å²) >= 11 is 0. The average Bonchev–Trinajstić information content (AvgIpc) is 2.54. The molecule has 0 aromatic carbocycles. The Hall–Kier alpha value is -0.660. The van der Waals surface area contributed by atoms with Gasteiger partial charge >= 0.3 is 0 Å². The van der Waals surface area contributed by atoms with E-state index in [0.29, 0.717) is 32.0 Å². The molecule has 6 nitrogen and oxygen atoms in total. The van der Waals surface area contributed by atoms with Gasteiger partial charge in [-0.05, 0) is 39.2 Å². The molecule has 2 atom stereocenters. The van der Waals surface area contributed by atoms with Crippen molar-refractivity contribution in [2.24, 2.45) is 0 Å². The highest BCUT2D eigenvalue weighted by Crippen LogP contribution is 2.24. The Kier molecular flexibility index (Phi) is 6.23. The lowest BCUT2D eigenvalue weighted by molar-refractivity contribution is -0.137. The predicted molar refractivity (Wildman–Crippen MR) is 87.1 cm³/mol. The maximum Gasteiger partial charge on any atom is 0.241 e. The van der Waals surface area contributed by atoms with E-state index in [2.05, 4.69) is 5.32 Å². The van der Waals surface area contributed by atoms with E-state index in [4.69, 9.17) is 0 Å². The predicted octanol–water partition coefficient (Wildman–Crippen LogP) is 0.791. The zero-order valence-corrected chi connectivity index (χ0v) is 14.6. The van der Waals surface area contributed by atoms with Crippen LogP contribution in [0, 0.1) is 0 Å². The van der Waals surface area contributed by atoms with Crippen LogP contribution in [0.4, 0.5) is 0 Å². The summed E-state index contributed by atoms with van der Waals surface area (Å²) in [5.74, 6) is 0.134. The Balaban J connectivity index is 2.11. The molecule has 0 aromatic rings. The molecule has 2 aliphatic heterocycles. The molecule has 1 amide bonds. The molecular formula is C15H29N3O3S. The molecule has 2 unspecified atom stereocenters. The van der Waals surface area contributed by atoms with Gasteiger partial charge in [0.15, 0.2) is 0 Å². The van der Waals surface area contributed by atoms with Crippen molar-refractivity contribution in [2.75, 3.05) is 32.4 Å². The maximum absolute atomic E-state index is 12.9. The van der Waals surface area contributed by atoms with Crippen LogP contribution in [-0.2, 0) is 14.8 Å². The van der Waals surface area contributed by atoms with E-state index in [0.717, 1.165) is 32.2 Å². The minimum Gasteiger partial charge on any atom is -0.340 e. The maximum atomic E-state index is 12.9. The molecule has 0 aliphatic carbocycles. The molecule has 0 spiro atoms. The summed E-state index contributed by atoms with van der Waals surface area (Å²) in [6, 6.07) is -0.164. The van der Waals surface area contributed by atoms with Crippen molar-refractivity contribution < 1.29 is 13.2 Å². The number of carbonyl (C=O) groups excluding carboxylic acids is 1. The van der Waals surface area contributed by atoms with Crippen molar-refractivity contribution in [3.05, 3.63) is 0 Å². The molecule has 2 fully saturated rings. The third-order valence-electron chi connectivity index (χ3n) is 4.70. The molecule has 2 heterocycles. The number of hydrogen-bond acceptors (Lipinski definition) is 4. The zero-order chi connectivity index (χ0) is 16.2. The Labute approximate surface area is 134 Å². The summed E-state index contributed by atoms with van der Waals surface area (Å²) in [4.78, 5) is 14.7. The molecule has 7 heteroatoms. The number of hydrogen-bond donors (Lipinski definition) is 1. The number of rotatable bonds is 5. The van der Waals surface area contributed by atoms with Crippen LogP contribution in [0.2, 0.25) is 0 Å². The quantitative estimate of drug-likeness (QED) is 0.809. The SMILES string of the molecule is CCCS(=O)(=O)N1CCCCC1C(=O)N1CCCC(NC)C1. The van der Waals surface area contributed by atoms with Gasteiger partial charge < -0.3 is 10.2 Å². The Morgan fingerprint density at radius 3 is 2.64 bits per heavy atom. The number of carbonyl (C=O) groups is 1. The topological polar surface area (TPSA) is 69.7 Å². The fraction of sp³-hybridized carbons (Fsp3) is 0.933. The number of sulfonamides is 1. The summed E-state index contributed by atoms with van der Waals surface area (Å²) in [6.45, 7) is 3.78. The Morgan fingerprint density at radius 2 is 1.95 bits per heavy atom. The first-order chi connectivity index (χ1) is 10.5. The van der Waals surface area contributed by atoms with Gasteiger partial charge in [-0.1, -0.05) is 13.3 Å². The van der Waals surface area contributed by atoms with Crippen LogP contribution in [0.25, 0.3) is 0 Å². The third kappa shape index (κ3) is 4.00. The monoisotopic (exact) mass is 331 g/mol. The van der Waals surface area contributed by atoms with Crippen molar-refractivity contribution in [3.8, 4) is 0 Å². The molecule has 0 radical (unpaired) electrons. The lowest BCUT2D eigenvalue weighted by atomic mass is 10.0. The zero-order valence-electron chi connectivity index (χ0n) is 13.8. The number of amides is 1. The molecule has 1 N–H and O–H groups in total. The lowest BCUT2D eigenvalue weighted by Crippen LogP contribution is -2.56. The first kappa shape index (κ1) is 17.7. The fourth-order valence-corrected chi connectivity index (χ4v) is 5.22. The molecule has 2 rings (SSSR count). The Morgan fingerprint density at radius 1 is 1.18 bits per heavy atom. The average molecular weight is 331 g/mol. The molecule has 22 heavy (non-hydrogen) atoms. The van der Waals surface area contributed by atoms with Gasteiger partial charge in [0.25, 0.3) is 0 Å². The van der Waals surface area contributed by atoms with E-state index < -0.39 is 16.1 Å². The van der Waals surface area contributed by atoms with Crippen LogP contribution in [0.5, 0.6) is 0 Å². The van der Waals surface area contributed by atoms with E-state index in [1.54, 1.807) is 0 Å². The molecule has 2 aliphatic rings. The minimum atomic E-state index is -3.32. The van der Waals surface area contributed by atoms with Crippen LogP contribution in [-0.4, -0.2) is 68.0 Å². The highest BCUT2D eigenvalue weighted by Gasteiger charge is 2.39. The first-order valence-electron chi connectivity index (χ1n) is 8.45. The molecule has 0 saturated carbocycles. The summed E-state index contributed by atoms with van der Waals surface area (Å²) in [5, 5.41) is 3.23. The normalized spacial score (nSPS) is 27.8. The van der Waals surface area contributed by atoms with E-state index in [1.807, 2.05) is 18.9 Å². The molecule has 0 aromatic heterocycles. The summed E-state index contributed by atoms with van der Waals surface area (Å²) in [5.41, 5.74) is 0. The second kappa shape index (κ2) is 7.75. The van der Waals surface area contributed by atoms with Gasteiger partial charge in [-0.2, -0.15) is 4.31 Å². The molecule has 0 bridgehead atoms.